The van der Waals surface area contributed by atoms with Gasteiger partial charge in [0, 0.05) is 64.1 Å². The molecule has 0 unspecified atom stereocenters. The SMILES string of the molecule is CCC(=O)N1CCN(c2ncc(-c3cccc(CN(C)C(=O)CN)c3)cn2)CC1. The van der Waals surface area contributed by atoms with Gasteiger partial charge in [0.15, 0.2) is 0 Å². The number of rotatable bonds is 6. The zero-order chi connectivity index (χ0) is 20.8. The lowest BCUT2D eigenvalue weighted by Crippen LogP contribution is -2.49. The number of piperazine rings is 1. The average Bonchev–Trinajstić information content (AvgIpc) is 2.78. The van der Waals surface area contributed by atoms with Gasteiger partial charge < -0.3 is 20.4 Å². The minimum Gasteiger partial charge on any atom is -0.340 e. The summed E-state index contributed by atoms with van der Waals surface area (Å²) >= 11 is 0. The van der Waals surface area contributed by atoms with Crippen LogP contribution < -0.4 is 10.6 Å². The number of benzene rings is 1. The summed E-state index contributed by atoms with van der Waals surface area (Å²) in [4.78, 5) is 38.2. The van der Waals surface area contributed by atoms with Gasteiger partial charge in [0.2, 0.25) is 17.8 Å². The molecule has 8 heteroatoms. The van der Waals surface area contributed by atoms with Gasteiger partial charge in [-0.3, -0.25) is 9.59 Å². The summed E-state index contributed by atoms with van der Waals surface area (Å²) < 4.78 is 0. The summed E-state index contributed by atoms with van der Waals surface area (Å²) in [6.45, 7) is 5.28. The Morgan fingerprint density at radius 3 is 2.41 bits per heavy atom. The van der Waals surface area contributed by atoms with Crippen molar-refractivity contribution in [3.05, 3.63) is 42.2 Å². The third-order valence-electron chi connectivity index (χ3n) is 5.14. The lowest BCUT2D eigenvalue weighted by molar-refractivity contribution is -0.131. The second-order valence-corrected chi connectivity index (χ2v) is 7.15. The molecule has 8 nitrogen and oxygen atoms in total. The van der Waals surface area contributed by atoms with Gasteiger partial charge in [-0.25, -0.2) is 9.97 Å². The summed E-state index contributed by atoms with van der Waals surface area (Å²) in [5.74, 6) is 0.783. The summed E-state index contributed by atoms with van der Waals surface area (Å²) in [6, 6.07) is 7.98. The van der Waals surface area contributed by atoms with E-state index >= 15 is 0 Å². The van der Waals surface area contributed by atoms with E-state index in [4.69, 9.17) is 5.73 Å². The van der Waals surface area contributed by atoms with Crippen molar-refractivity contribution in [2.45, 2.75) is 19.9 Å². The largest absolute Gasteiger partial charge is 0.340 e. The van der Waals surface area contributed by atoms with Crippen molar-refractivity contribution < 1.29 is 9.59 Å². The van der Waals surface area contributed by atoms with Gasteiger partial charge in [-0.05, 0) is 17.2 Å². The highest BCUT2D eigenvalue weighted by Gasteiger charge is 2.21. The van der Waals surface area contributed by atoms with Crippen LogP contribution in [-0.2, 0) is 16.1 Å². The molecule has 0 saturated carbocycles. The van der Waals surface area contributed by atoms with E-state index in [1.54, 1.807) is 11.9 Å². The molecule has 1 aromatic carbocycles. The van der Waals surface area contributed by atoms with Gasteiger partial charge in [-0.15, -0.1) is 0 Å². The van der Waals surface area contributed by atoms with Crippen molar-refractivity contribution in [1.82, 2.24) is 19.8 Å². The highest BCUT2D eigenvalue weighted by molar-refractivity contribution is 5.77. The first-order valence-corrected chi connectivity index (χ1v) is 9.90. The molecule has 2 aromatic rings. The number of nitrogens with zero attached hydrogens (tertiary/aromatic N) is 5. The Hall–Kier alpha value is -3.00. The van der Waals surface area contributed by atoms with Crippen molar-refractivity contribution in [2.75, 3.05) is 44.7 Å². The Kier molecular flexibility index (Phi) is 6.77. The molecule has 154 valence electrons. The number of carbonyl (C=O) groups excluding carboxylic acids is 2. The molecular weight excluding hydrogens is 368 g/mol. The Morgan fingerprint density at radius 1 is 1.10 bits per heavy atom. The average molecular weight is 396 g/mol. The first-order valence-electron chi connectivity index (χ1n) is 9.90. The fourth-order valence-electron chi connectivity index (χ4n) is 3.38. The molecule has 0 radical (unpaired) electrons. The number of hydrogen-bond acceptors (Lipinski definition) is 6. The van der Waals surface area contributed by atoms with Crippen LogP contribution in [0.3, 0.4) is 0 Å². The molecule has 2 heterocycles. The molecule has 0 bridgehead atoms. The molecule has 0 atom stereocenters. The highest BCUT2D eigenvalue weighted by Crippen LogP contribution is 2.21. The van der Waals surface area contributed by atoms with E-state index in [-0.39, 0.29) is 18.4 Å². The predicted molar refractivity (Wildman–Crippen MR) is 112 cm³/mol. The van der Waals surface area contributed by atoms with Crippen LogP contribution in [0.5, 0.6) is 0 Å². The van der Waals surface area contributed by atoms with E-state index in [1.165, 1.54) is 0 Å². The first kappa shape index (κ1) is 20.7. The maximum Gasteiger partial charge on any atom is 0.236 e. The van der Waals surface area contributed by atoms with Crippen LogP contribution in [-0.4, -0.2) is 71.4 Å². The van der Waals surface area contributed by atoms with Crippen LogP contribution in [0.2, 0.25) is 0 Å². The third kappa shape index (κ3) is 5.08. The minimum atomic E-state index is -0.0937. The zero-order valence-electron chi connectivity index (χ0n) is 17.0. The van der Waals surface area contributed by atoms with Crippen LogP contribution in [0.4, 0.5) is 5.95 Å². The Bertz CT molecular complexity index is 847. The maximum absolute atomic E-state index is 11.8. The summed E-state index contributed by atoms with van der Waals surface area (Å²) in [6.07, 6.45) is 4.18. The van der Waals surface area contributed by atoms with Crippen molar-refractivity contribution in [2.24, 2.45) is 5.73 Å². The van der Waals surface area contributed by atoms with E-state index < -0.39 is 0 Å². The van der Waals surface area contributed by atoms with E-state index in [1.807, 2.05) is 48.5 Å². The predicted octanol–water partition coefficient (Wildman–Crippen LogP) is 1.12. The van der Waals surface area contributed by atoms with Crippen LogP contribution in [0, 0.1) is 0 Å². The highest BCUT2D eigenvalue weighted by atomic mass is 16.2. The molecule has 1 fully saturated rings. The van der Waals surface area contributed by atoms with E-state index in [2.05, 4.69) is 14.9 Å². The lowest BCUT2D eigenvalue weighted by atomic mass is 10.1. The number of likely N-dealkylation sites (N-methyl/N-ethyl adjacent to an activating group) is 1. The van der Waals surface area contributed by atoms with Gasteiger partial charge in [0.1, 0.15) is 0 Å². The molecule has 0 spiro atoms. The number of hydrogen-bond donors (Lipinski definition) is 1. The van der Waals surface area contributed by atoms with E-state index in [0.717, 1.165) is 29.8 Å². The number of aromatic nitrogens is 2. The molecule has 1 aliphatic rings. The number of amides is 2. The van der Waals surface area contributed by atoms with Gasteiger partial charge in [-0.1, -0.05) is 25.1 Å². The minimum absolute atomic E-state index is 0.00631. The van der Waals surface area contributed by atoms with Crippen molar-refractivity contribution in [3.8, 4) is 11.1 Å². The van der Waals surface area contributed by atoms with E-state index in [0.29, 0.717) is 32.0 Å². The molecular formula is C21H28N6O2. The molecule has 0 aliphatic carbocycles. The van der Waals surface area contributed by atoms with Crippen molar-refractivity contribution >= 4 is 17.8 Å². The van der Waals surface area contributed by atoms with Gasteiger partial charge in [0.25, 0.3) is 0 Å². The van der Waals surface area contributed by atoms with Gasteiger partial charge in [-0.2, -0.15) is 0 Å². The Labute approximate surface area is 171 Å². The molecule has 1 saturated heterocycles. The number of nitrogens with two attached hydrogens (primary N) is 1. The third-order valence-corrected chi connectivity index (χ3v) is 5.14. The van der Waals surface area contributed by atoms with Crippen LogP contribution >= 0.6 is 0 Å². The molecule has 3 rings (SSSR count). The summed E-state index contributed by atoms with van der Waals surface area (Å²) in [7, 11) is 1.74. The first-order chi connectivity index (χ1) is 14.0. The van der Waals surface area contributed by atoms with Crippen molar-refractivity contribution in [1.29, 1.82) is 0 Å². The molecule has 2 amide bonds. The second-order valence-electron chi connectivity index (χ2n) is 7.15. The van der Waals surface area contributed by atoms with Gasteiger partial charge >= 0.3 is 0 Å². The molecule has 2 N–H and O–H groups in total. The molecule has 1 aliphatic heterocycles. The standard InChI is InChI=1S/C21H28N6O2/c1-3-19(28)26-7-9-27(10-8-26)21-23-13-18(14-24-21)17-6-4-5-16(11-17)15-25(2)20(29)12-22/h4-6,11,13-14H,3,7-10,12,15,22H2,1-2H3. The molecule has 1 aromatic heterocycles. The number of carbonyl (C=O) groups is 2. The summed E-state index contributed by atoms with van der Waals surface area (Å²) in [5, 5.41) is 0. The van der Waals surface area contributed by atoms with Crippen molar-refractivity contribution in [3.63, 3.8) is 0 Å². The monoisotopic (exact) mass is 396 g/mol. The van der Waals surface area contributed by atoms with Crippen LogP contribution in [0.25, 0.3) is 11.1 Å². The molecule has 29 heavy (non-hydrogen) atoms. The van der Waals surface area contributed by atoms with Crippen LogP contribution in [0.1, 0.15) is 18.9 Å². The lowest BCUT2D eigenvalue weighted by Gasteiger charge is -2.34. The van der Waals surface area contributed by atoms with Crippen LogP contribution in [0.15, 0.2) is 36.7 Å². The Morgan fingerprint density at radius 2 is 1.79 bits per heavy atom. The summed E-state index contributed by atoms with van der Waals surface area (Å²) in [5.41, 5.74) is 8.36. The number of anilines is 1. The van der Waals surface area contributed by atoms with Gasteiger partial charge in [0.05, 0.1) is 6.54 Å². The maximum atomic E-state index is 11.8. The fraction of sp³-hybridized carbons (Fsp3) is 0.429. The quantitative estimate of drug-likeness (QED) is 0.786. The smallest absolute Gasteiger partial charge is 0.236 e. The topological polar surface area (TPSA) is 95.7 Å². The fourth-order valence-corrected chi connectivity index (χ4v) is 3.38. The van der Waals surface area contributed by atoms with E-state index in [9.17, 15) is 9.59 Å². The second kappa shape index (κ2) is 9.47. The Balaban J connectivity index is 1.65. The zero-order valence-corrected chi connectivity index (χ0v) is 17.0. The normalized spacial score (nSPS) is 14.0.